The lowest BCUT2D eigenvalue weighted by Crippen LogP contribution is -2.33. The number of fused-ring (bicyclic) bond motifs is 4. The van der Waals surface area contributed by atoms with Crippen LogP contribution in [0.4, 0.5) is 43.0 Å². The molecular weight excluding hydrogens is 526 g/mol. The Labute approximate surface area is 244 Å². The van der Waals surface area contributed by atoms with Crippen molar-refractivity contribution < 1.29 is 8.78 Å². The number of benzene rings is 4. The van der Waals surface area contributed by atoms with Gasteiger partial charge in [0.1, 0.15) is 17.3 Å². The molecule has 0 N–H and O–H groups in total. The number of aromatic nitrogens is 1. The minimum absolute atomic E-state index is 0.201. The molecule has 0 saturated carbocycles. The second-order valence-electron chi connectivity index (χ2n) is 11.9. The lowest BCUT2D eigenvalue weighted by atomic mass is 9.73. The summed E-state index contributed by atoms with van der Waals surface area (Å²) >= 11 is 0. The molecule has 7 rings (SSSR count). The van der Waals surface area contributed by atoms with Gasteiger partial charge in [0.15, 0.2) is 11.6 Å². The Balaban J connectivity index is 1.51. The molecule has 0 bridgehead atoms. The number of rotatable bonds is 2. The van der Waals surface area contributed by atoms with Gasteiger partial charge in [-0.05, 0) is 46.5 Å². The SMILES string of the molecule is CC1(C)c2ccccc2N(c2nc(F)c(N3c4ccccc4C(C)(C)c4ccccc43)c(C#N)c2F)c2ccccc21. The molecule has 5 aromatic rings. The van der Waals surface area contributed by atoms with E-state index in [1.807, 2.05) is 103 Å². The molecule has 0 unspecified atom stereocenters. The van der Waals surface area contributed by atoms with E-state index in [9.17, 15) is 5.26 Å². The average Bonchev–Trinajstić information content (AvgIpc) is 3.00. The summed E-state index contributed by atoms with van der Waals surface area (Å²) in [7, 11) is 0. The van der Waals surface area contributed by atoms with E-state index < -0.39 is 22.7 Å². The topological polar surface area (TPSA) is 43.2 Å². The minimum Gasteiger partial charge on any atom is -0.305 e. The molecule has 1 aromatic heterocycles. The standard InChI is InChI=1S/C36H28F2N4/c1-35(2)23-13-5-9-17-27(23)41(28-18-10-6-14-24(28)35)32-22(21-39)31(37)34(40-33(32)38)42-29-19-11-7-15-25(29)36(3,4)26-16-8-12-20-30(26)42/h5-20H,1-4H3. The lowest BCUT2D eigenvalue weighted by Gasteiger charge is -2.43. The fourth-order valence-electron chi connectivity index (χ4n) is 6.78. The second kappa shape index (κ2) is 8.99. The number of nitrogens with zero attached hydrogens (tertiary/aromatic N) is 4. The van der Waals surface area contributed by atoms with Crippen molar-refractivity contribution in [1.82, 2.24) is 4.98 Å². The van der Waals surface area contributed by atoms with E-state index in [0.717, 1.165) is 22.3 Å². The van der Waals surface area contributed by atoms with Gasteiger partial charge in [0.2, 0.25) is 5.95 Å². The summed E-state index contributed by atoms with van der Waals surface area (Å²) in [5.74, 6) is -2.05. The Hall–Kier alpha value is -5.02. The quantitative estimate of drug-likeness (QED) is 0.204. The fourth-order valence-corrected chi connectivity index (χ4v) is 6.78. The second-order valence-corrected chi connectivity index (χ2v) is 11.9. The van der Waals surface area contributed by atoms with E-state index in [1.54, 1.807) is 9.80 Å². The zero-order chi connectivity index (χ0) is 29.4. The number of halogens is 2. The maximum atomic E-state index is 16.8. The Kier molecular flexibility index (Phi) is 5.55. The molecule has 2 aliphatic heterocycles. The number of hydrogen-bond acceptors (Lipinski definition) is 4. The van der Waals surface area contributed by atoms with Crippen molar-refractivity contribution >= 4 is 34.3 Å². The van der Waals surface area contributed by atoms with Gasteiger partial charge in [-0.3, -0.25) is 4.90 Å². The van der Waals surface area contributed by atoms with Crippen LogP contribution in [-0.4, -0.2) is 4.98 Å². The van der Waals surface area contributed by atoms with Crippen LogP contribution in [0.5, 0.6) is 0 Å². The summed E-state index contributed by atoms with van der Waals surface area (Å²) in [6, 6.07) is 32.7. The molecule has 0 saturated heterocycles. The maximum Gasteiger partial charge on any atom is 0.240 e. The first kappa shape index (κ1) is 25.9. The molecule has 42 heavy (non-hydrogen) atoms. The fraction of sp³-hybridized carbons (Fsp3) is 0.167. The number of nitriles is 1. The smallest absolute Gasteiger partial charge is 0.240 e. The summed E-state index contributed by atoms with van der Waals surface area (Å²) in [5, 5.41) is 10.4. The van der Waals surface area contributed by atoms with Crippen molar-refractivity contribution in [3.05, 3.63) is 137 Å². The Morgan fingerprint density at radius 3 is 1.33 bits per heavy atom. The van der Waals surface area contributed by atoms with Gasteiger partial charge >= 0.3 is 0 Å². The summed E-state index contributed by atoms with van der Waals surface area (Å²) < 4.78 is 33.4. The molecule has 4 nitrogen and oxygen atoms in total. The van der Waals surface area contributed by atoms with Crippen molar-refractivity contribution in [2.45, 2.75) is 38.5 Å². The molecule has 206 valence electrons. The lowest BCUT2D eigenvalue weighted by molar-refractivity contribution is 0.557. The molecule has 0 radical (unpaired) electrons. The third-order valence-corrected chi connectivity index (χ3v) is 8.87. The molecule has 0 aliphatic carbocycles. The van der Waals surface area contributed by atoms with E-state index in [2.05, 4.69) is 32.7 Å². The van der Waals surface area contributed by atoms with E-state index in [4.69, 9.17) is 0 Å². The van der Waals surface area contributed by atoms with E-state index in [1.165, 1.54) is 0 Å². The molecule has 0 amide bonds. The van der Waals surface area contributed by atoms with Crippen molar-refractivity contribution in [1.29, 1.82) is 5.26 Å². The predicted molar refractivity (Wildman–Crippen MR) is 162 cm³/mol. The van der Waals surface area contributed by atoms with Gasteiger partial charge in [-0.2, -0.15) is 14.6 Å². The van der Waals surface area contributed by atoms with Gasteiger partial charge < -0.3 is 4.90 Å². The van der Waals surface area contributed by atoms with E-state index in [-0.39, 0.29) is 16.9 Å². The van der Waals surface area contributed by atoms with Gasteiger partial charge in [0, 0.05) is 10.8 Å². The van der Waals surface area contributed by atoms with Crippen molar-refractivity contribution in [2.75, 3.05) is 9.80 Å². The molecule has 3 heterocycles. The number of para-hydroxylation sites is 4. The summed E-state index contributed by atoms with van der Waals surface area (Å²) in [6.45, 7) is 8.45. The Morgan fingerprint density at radius 1 is 0.595 bits per heavy atom. The molecule has 0 fully saturated rings. The number of hydrogen-bond donors (Lipinski definition) is 0. The van der Waals surface area contributed by atoms with Gasteiger partial charge in [0.25, 0.3) is 0 Å². The summed E-state index contributed by atoms with van der Waals surface area (Å²) in [4.78, 5) is 7.58. The van der Waals surface area contributed by atoms with Crippen LogP contribution in [0.3, 0.4) is 0 Å². The van der Waals surface area contributed by atoms with E-state index in [0.29, 0.717) is 22.7 Å². The van der Waals surface area contributed by atoms with Crippen LogP contribution in [0, 0.1) is 23.1 Å². The molecule has 2 aliphatic rings. The molecule has 6 heteroatoms. The Morgan fingerprint density at radius 2 is 0.952 bits per heavy atom. The summed E-state index contributed by atoms with van der Waals surface area (Å²) in [5.41, 5.74) is 5.16. The third kappa shape index (κ3) is 3.40. The monoisotopic (exact) mass is 554 g/mol. The number of pyridine rings is 1. The third-order valence-electron chi connectivity index (χ3n) is 8.87. The van der Waals surface area contributed by atoms with Gasteiger partial charge in [-0.15, -0.1) is 0 Å². The average molecular weight is 555 g/mol. The highest BCUT2D eigenvalue weighted by Gasteiger charge is 2.42. The van der Waals surface area contributed by atoms with Gasteiger partial charge in [0.05, 0.1) is 22.7 Å². The highest BCUT2D eigenvalue weighted by molar-refractivity contribution is 5.90. The van der Waals surface area contributed by atoms with Crippen molar-refractivity contribution in [3.63, 3.8) is 0 Å². The molecule has 4 aromatic carbocycles. The van der Waals surface area contributed by atoms with Crippen LogP contribution < -0.4 is 9.80 Å². The maximum absolute atomic E-state index is 16.8. The van der Waals surface area contributed by atoms with Crippen molar-refractivity contribution in [2.24, 2.45) is 0 Å². The van der Waals surface area contributed by atoms with Crippen molar-refractivity contribution in [3.8, 4) is 6.07 Å². The predicted octanol–water partition coefficient (Wildman–Crippen LogP) is 9.45. The zero-order valence-corrected chi connectivity index (χ0v) is 23.8. The Bertz CT molecular complexity index is 1850. The first-order valence-electron chi connectivity index (χ1n) is 13.9. The highest BCUT2D eigenvalue weighted by Crippen LogP contribution is 2.55. The van der Waals surface area contributed by atoms with Crippen LogP contribution in [-0.2, 0) is 10.8 Å². The van der Waals surface area contributed by atoms with E-state index >= 15 is 8.78 Å². The van der Waals surface area contributed by atoms with Gasteiger partial charge in [-0.1, -0.05) is 100 Å². The molecule has 0 spiro atoms. The number of anilines is 6. The van der Waals surface area contributed by atoms with Crippen LogP contribution in [0.2, 0.25) is 0 Å². The van der Waals surface area contributed by atoms with Crippen LogP contribution >= 0.6 is 0 Å². The molecule has 0 atom stereocenters. The van der Waals surface area contributed by atoms with Crippen LogP contribution in [0.15, 0.2) is 97.1 Å². The highest BCUT2D eigenvalue weighted by atomic mass is 19.1. The first-order chi connectivity index (χ1) is 20.2. The normalized spacial score (nSPS) is 15.6. The van der Waals surface area contributed by atoms with Crippen LogP contribution in [0.1, 0.15) is 55.5 Å². The minimum atomic E-state index is -0.924. The van der Waals surface area contributed by atoms with Crippen LogP contribution in [0.25, 0.3) is 0 Å². The largest absolute Gasteiger partial charge is 0.305 e. The zero-order valence-electron chi connectivity index (χ0n) is 23.8. The molecular formula is C36H28F2N4. The first-order valence-corrected chi connectivity index (χ1v) is 13.9. The summed E-state index contributed by atoms with van der Waals surface area (Å²) in [6.07, 6.45) is 0. The van der Waals surface area contributed by atoms with Gasteiger partial charge in [-0.25, -0.2) is 4.39 Å².